The number of nitrogens with zero attached hydrogens (tertiary/aromatic N) is 1. The van der Waals surface area contributed by atoms with Crippen LogP contribution in [0.1, 0.15) is 32.1 Å². The first-order valence-electron chi connectivity index (χ1n) is 6.55. The number of rotatable bonds is 3. The number of aliphatic carboxylic acids is 1. The van der Waals surface area contributed by atoms with Crippen LogP contribution in [-0.2, 0) is 14.6 Å². The topological polar surface area (TPSA) is 74.7 Å². The Morgan fingerprint density at radius 3 is 2.28 bits per heavy atom. The molecule has 1 saturated carbocycles. The van der Waals surface area contributed by atoms with Crippen molar-refractivity contribution in [3.63, 3.8) is 0 Å². The second kappa shape index (κ2) is 5.17. The zero-order chi connectivity index (χ0) is 13.3. The fourth-order valence-corrected chi connectivity index (χ4v) is 4.78. The van der Waals surface area contributed by atoms with Gasteiger partial charge in [0.15, 0.2) is 9.84 Å². The molecule has 0 aromatic heterocycles. The lowest BCUT2D eigenvalue weighted by atomic mass is 9.95. The second-order valence-electron chi connectivity index (χ2n) is 5.51. The van der Waals surface area contributed by atoms with E-state index in [2.05, 4.69) is 4.90 Å². The number of carboxylic acid groups (broad SMARTS) is 1. The average Bonchev–Trinajstić information content (AvgIpc) is 2.77. The van der Waals surface area contributed by atoms with Crippen LogP contribution in [0.2, 0.25) is 0 Å². The molecule has 0 aromatic carbocycles. The fraction of sp³-hybridized carbons (Fsp3) is 0.917. The normalized spacial score (nSPS) is 31.6. The number of carbonyl (C=O) groups is 1. The van der Waals surface area contributed by atoms with Crippen LogP contribution in [0.25, 0.3) is 0 Å². The molecule has 1 aliphatic carbocycles. The number of hydrogen-bond acceptors (Lipinski definition) is 4. The maximum Gasteiger partial charge on any atom is 0.306 e. The van der Waals surface area contributed by atoms with Crippen LogP contribution in [0.5, 0.6) is 0 Å². The molecule has 2 rings (SSSR count). The van der Waals surface area contributed by atoms with E-state index in [4.69, 9.17) is 5.11 Å². The van der Waals surface area contributed by atoms with Crippen molar-refractivity contribution in [2.75, 3.05) is 19.3 Å². The highest BCUT2D eigenvalue weighted by atomic mass is 32.2. The van der Waals surface area contributed by atoms with Gasteiger partial charge in [-0.05, 0) is 38.8 Å². The number of carboxylic acids is 1. The van der Waals surface area contributed by atoms with Crippen molar-refractivity contribution in [1.29, 1.82) is 0 Å². The van der Waals surface area contributed by atoms with Gasteiger partial charge in [0.25, 0.3) is 0 Å². The average molecular weight is 275 g/mol. The summed E-state index contributed by atoms with van der Waals surface area (Å²) in [6.07, 6.45) is 5.24. The molecule has 6 heteroatoms. The molecule has 0 aromatic rings. The maximum atomic E-state index is 11.7. The molecule has 2 unspecified atom stereocenters. The molecule has 2 aliphatic rings. The van der Waals surface area contributed by atoms with E-state index in [1.54, 1.807) is 0 Å². The molecule has 0 spiro atoms. The number of likely N-dealkylation sites (tertiary alicyclic amines) is 1. The Morgan fingerprint density at radius 1 is 1.17 bits per heavy atom. The highest BCUT2D eigenvalue weighted by Gasteiger charge is 2.39. The monoisotopic (exact) mass is 275 g/mol. The molecule has 1 saturated heterocycles. The molecule has 0 amide bonds. The van der Waals surface area contributed by atoms with Crippen LogP contribution in [0, 0.1) is 5.92 Å². The predicted molar refractivity (Wildman–Crippen MR) is 68.2 cm³/mol. The second-order valence-corrected chi connectivity index (χ2v) is 7.78. The molecule has 2 atom stereocenters. The Bertz CT molecular complexity index is 412. The number of piperidine rings is 1. The first kappa shape index (κ1) is 13.8. The van der Waals surface area contributed by atoms with Gasteiger partial charge in [0.05, 0.1) is 11.2 Å². The zero-order valence-corrected chi connectivity index (χ0v) is 11.5. The highest BCUT2D eigenvalue weighted by Crippen LogP contribution is 2.32. The van der Waals surface area contributed by atoms with Crippen molar-refractivity contribution in [2.45, 2.75) is 43.4 Å². The molecule has 5 nitrogen and oxygen atoms in total. The minimum Gasteiger partial charge on any atom is -0.481 e. The van der Waals surface area contributed by atoms with Gasteiger partial charge >= 0.3 is 5.97 Å². The molecule has 0 bridgehead atoms. The number of hydrogen-bond donors (Lipinski definition) is 1. The van der Waals surface area contributed by atoms with Gasteiger partial charge < -0.3 is 5.11 Å². The number of sulfone groups is 1. The van der Waals surface area contributed by atoms with Gasteiger partial charge in [-0.15, -0.1) is 0 Å². The minimum absolute atomic E-state index is 0.106. The summed E-state index contributed by atoms with van der Waals surface area (Å²) in [6.45, 7) is 1.43. The van der Waals surface area contributed by atoms with Crippen molar-refractivity contribution in [3.05, 3.63) is 0 Å². The van der Waals surface area contributed by atoms with E-state index in [1.165, 1.54) is 6.26 Å². The van der Waals surface area contributed by atoms with E-state index >= 15 is 0 Å². The standard InChI is InChI=1S/C12H21NO4S/c1-18(16,17)11-4-2-3-10(11)13-7-5-9(6-8-13)12(14)15/h9-11H,2-8H2,1H3,(H,14,15). The zero-order valence-electron chi connectivity index (χ0n) is 10.7. The Labute approximate surface area is 108 Å². The van der Waals surface area contributed by atoms with Crippen LogP contribution in [-0.4, -0.2) is 55.0 Å². The van der Waals surface area contributed by atoms with Crippen molar-refractivity contribution in [3.8, 4) is 0 Å². The molecule has 0 radical (unpaired) electrons. The van der Waals surface area contributed by atoms with Gasteiger partial charge in [0, 0.05) is 12.3 Å². The molecule has 104 valence electrons. The van der Waals surface area contributed by atoms with Gasteiger partial charge in [-0.3, -0.25) is 9.69 Å². The van der Waals surface area contributed by atoms with E-state index in [1.807, 2.05) is 0 Å². The van der Waals surface area contributed by atoms with Crippen LogP contribution in [0.3, 0.4) is 0 Å². The van der Waals surface area contributed by atoms with Gasteiger partial charge in [-0.25, -0.2) is 8.42 Å². The van der Waals surface area contributed by atoms with Crippen molar-refractivity contribution < 1.29 is 18.3 Å². The summed E-state index contributed by atoms with van der Waals surface area (Å²) in [5, 5.41) is 8.71. The van der Waals surface area contributed by atoms with E-state index in [-0.39, 0.29) is 17.2 Å². The largest absolute Gasteiger partial charge is 0.481 e. The van der Waals surface area contributed by atoms with Crippen LogP contribution in [0.4, 0.5) is 0 Å². The first-order chi connectivity index (χ1) is 8.39. The van der Waals surface area contributed by atoms with Gasteiger partial charge in [0.2, 0.25) is 0 Å². The lowest BCUT2D eigenvalue weighted by Gasteiger charge is -2.36. The van der Waals surface area contributed by atoms with Crippen LogP contribution in [0.15, 0.2) is 0 Å². The SMILES string of the molecule is CS(=O)(=O)C1CCCC1N1CCC(C(=O)O)CC1. The van der Waals surface area contributed by atoms with Crippen molar-refractivity contribution in [1.82, 2.24) is 4.90 Å². The van der Waals surface area contributed by atoms with E-state index in [0.29, 0.717) is 25.9 Å². The molecule has 2 fully saturated rings. The summed E-state index contributed by atoms with van der Waals surface area (Å²) in [6, 6.07) is 0.106. The lowest BCUT2D eigenvalue weighted by molar-refractivity contribution is -0.143. The summed E-state index contributed by atoms with van der Waals surface area (Å²) in [4.78, 5) is 13.1. The Morgan fingerprint density at radius 2 is 1.78 bits per heavy atom. The van der Waals surface area contributed by atoms with E-state index in [0.717, 1.165) is 19.3 Å². The summed E-state index contributed by atoms with van der Waals surface area (Å²) in [5.41, 5.74) is 0. The minimum atomic E-state index is -2.99. The van der Waals surface area contributed by atoms with Gasteiger partial charge in [-0.2, -0.15) is 0 Å². The predicted octanol–water partition coefficient (Wildman–Crippen LogP) is 0.749. The molecular formula is C12H21NO4S. The fourth-order valence-electron chi connectivity index (χ4n) is 3.30. The molecule has 18 heavy (non-hydrogen) atoms. The first-order valence-corrected chi connectivity index (χ1v) is 8.51. The third kappa shape index (κ3) is 2.85. The molecule has 1 aliphatic heterocycles. The van der Waals surface area contributed by atoms with Crippen molar-refractivity contribution in [2.24, 2.45) is 5.92 Å². The molecular weight excluding hydrogens is 254 g/mol. The Kier molecular flexibility index (Phi) is 3.96. The summed E-state index contributed by atoms with van der Waals surface area (Å²) in [7, 11) is -2.99. The Balaban J connectivity index is 1.99. The Hall–Kier alpha value is -0.620. The molecule has 1 heterocycles. The summed E-state index contributed by atoms with van der Waals surface area (Å²) >= 11 is 0. The quantitative estimate of drug-likeness (QED) is 0.822. The van der Waals surface area contributed by atoms with E-state index in [9.17, 15) is 13.2 Å². The van der Waals surface area contributed by atoms with Gasteiger partial charge in [-0.1, -0.05) is 6.42 Å². The third-order valence-corrected chi connectivity index (χ3v) is 5.97. The van der Waals surface area contributed by atoms with Gasteiger partial charge in [0.1, 0.15) is 0 Å². The van der Waals surface area contributed by atoms with Crippen LogP contribution < -0.4 is 0 Å². The molecule has 1 N–H and O–H groups in total. The lowest BCUT2D eigenvalue weighted by Crippen LogP contribution is -2.47. The summed E-state index contributed by atoms with van der Waals surface area (Å²) < 4.78 is 23.5. The van der Waals surface area contributed by atoms with Crippen molar-refractivity contribution >= 4 is 15.8 Å². The van der Waals surface area contributed by atoms with Crippen LogP contribution >= 0.6 is 0 Å². The smallest absolute Gasteiger partial charge is 0.306 e. The van der Waals surface area contributed by atoms with E-state index < -0.39 is 15.8 Å². The highest BCUT2D eigenvalue weighted by molar-refractivity contribution is 7.91. The third-order valence-electron chi connectivity index (χ3n) is 4.32. The summed E-state index contributed by atoms with van der Waals surface area (Å²) in [5.74, 6) is -0.972. The maximum absolute atomic E-state index is 11.7.